The van der Waals surface area contributed by atoms with Crippen LogP contribution in [0.1, 0.15) is 42.5 Å². The number of hydrogen-bond donors (Lipinski definition) is 2. The predicted octanol–water partition coefficient (Wildman–Crippen LogP) is 1.90. The van der Waals surface area contributed by atoms with Crippen LogP contribution in [-0.4, -0.2) is 35.0 Å². The zero-order valence-corrected chi connectivity index (χ0v) is 12.4. The molecule has 0 bridgehead atoms. The highest BCUT2D eigenvalue weighted by Gasteiger charge is 2.20. The number of aliphatic hydroxyl groups is 1. The molecular formula is C14H22N2O2S. The topological polar surface area (TPSA) is 52.6 Å². The molecular weight excluding hydrogens is 260 g/mol. The summed E-state index contributed by atoms with van der Waals surface area (Å²) >= 11 is 1.64. The van der Waals surface area contributed by atoms with Crippen LogP contribution < -0.4 is 5.32 Å². The highest BCUT2D eigenvalue weighted by Crippen LogP contribution is 2.27. The molecule has 1 saturated heterocycles. The standard InChI is InChI=1S/C14H22N2O2S/c1-10(15-11(2)17)14(18)13-6-5-12(19-13)9-16-7-3-4-8-16/h5-6,10,14,18H,3-4,7-9H2,1-2H3,(H,15,17). The van der Waals surface area contributed by atoms with Crippen molar-refractivity contribution in [1.29, 1.82) is 0 Å². The van der Waals surface area contributed by atoms with E-state index < -0.39 is 6.10 Å². The van der Waals surface area contributed by atoms with Gasteiger partial charge >= 0.3 is 0 Å². The van der Waals surface area contributed by atoms with Gasteiger partial charge in [0, 0.05) is 23.2 Å². The van der Waals surface area contributed by atoms with E-state index in [1.807, 2.05) is 13.0 Å². The average molecular weight is 282 g/mol. The third kappa shape index (κ3) is 4.03. The van der Waals surface area contributed by atoms with Crippen LogP contribution in [0.15, 0.2) is 12.1 Å². The maximum Gasteiger partial charge on any atom is 0.217 e. The first-order chi connectivity index (χ1) is 9.06. The maximum absolute atomic E-state index is 11.0. The van der Waals surface area contributed by atoms with Crippen LogP contribution in [0.4, 0.5) is 0 Å². The minimum Gasteiger partial charge on any atom is -0.385 e. The Hall–Kier alpha value is -0.910. The van der Waals surface area contributed by atoms with Crippen molar-refractivity contribution in [3.63, 3.8) is 0 Å². The molecule has 2 rings (SSSR count). The van der Waals surface area contributed by atoms with Gasteiger partial charge in [-0.15, -0.1) is 11.3 Å². The molecule has 106 valence electrons. The summed E-state index contributed by atoms with van der Waals surface area (Å²) in [6, 6.07) is 3.80. The molecule has 1 aromatic rings. The van der Waals surface area contributed by atoms with Crippen LogP contribution in [0.5, 0.6) is 0 Å². The summed E-state index contributed by atoms with van der Waals surface area (Å²) in [5.74, 6) is -0.111. The number of carbonyl (C=O) groups is 1. The second-order valence-corrected chi connectivity index (χ2v) is 6.42. The summed E-state index contributed by atoms with van der Waals surface area (Å²) in [7, 11) is 0. The largest absolute Gasteiger partial charge is 0.385 e. The summed E-state index contributed by atoms with van der Waals surface area (Å²) in [4.78, 5) is 15.7. The van der Waals surface area contributed by atoms with Crippen molar-refractivity contribution in [3.8, 4) is 0 Å². The molecule has 0 aliphatic carbocycles. The molecule has 2 heterocycles. The van der Waals surface area contributed by atoms with Gasteiger partial charge in [0.05, 0.1) is 6.04 Å². The number of aliphatic hydroxyl groups excluding tert-OH is 1. The number of likely N-dealkylation sites (tertiary alicyclic amines) is 1. The van der Waals surface area contributed by atoms with Gasteiger partial charge in [0.1, 0.15) is 6.10 Å². The Morgan fingerprint density at radius 1 is 1.47 bits per heavy atom. The van der Waals surface area contributed by atoms with Crippen LogP contribution in [0.2, 0.25) is 0 Å². The molecule has 2 atom stereocenters. The third-order valence-corrected chi connectivity index (χ3v) is 4.60. The van der Waals surface area contributed by atoms with Crippen molar-refractivity contribution in [2.45, 2.75) is 45.4 Å². The minimum absolute atomic E-state index is 0.111. The normalized spacial score (nSPS) is 19.3. The van der Waals surface area contributed by atoms with E-state index in [9.17, 15) is 9.90 Å². The average Bonchev–Trinajstić information content (AvgIpc) is 2.99. The van der Waals surface area contributed by atoms with Gasteiger partial charge in [-0.05, 0) is 45.0 Å². The van der Waals surface area contributed by atoms with Crippen LogP contribution in [0.25, 0.3) is 0 Å². The molecule has 19 heavy (non-hydrogen) atoms. The van der Waals surface area contributed by atoms with Gasteiger partial charge in [0.15, 0.2) is 0 Å². The van der Waals surface area contributed by atoms with Crippen molar-refractivity contribution in [1.82, 2.24) is 10.2 Å². The number of rotatable bonds is 5. The molecule has 0 saturated carbocycles. The summed E-state index contributed by atoms with van der Waals surface area (Å²) in [5.41, 5.74) is 0. The van der Waals surface area contributed by atoms with E-state index in [4.69, 9.17) is 0 Å². The molecule has 1 amide bonds. The predicted molar refractivity (Wildman–Crippen MR) is 77.1 cm³/mol. The number of nitrogens with one attached hydrogen (secondary N) is 1. The van der Waals surface area contributed by atoms with E-state index in [1.165, 1.54) is 37.7 Å². The lowest BCUT2D eigenvalue weighted by atomic mass is 10.1. The SMILES string of the molecule is CC(=O)NC(C)C(O)c1ccc(CN2CCCC2)s1. The Morgan fingerprint density at radius 2 is 2.16 bits per heavy atom. The Kier molecular flexibility index (Phi) is 4.96. The zero-order chi connectivity index (χ0) is 13.8. The fraction of sp³-hybridized carbons (Fsp3) is 0.643. The van der Waals surface area contributed by atoms with E-state index >= 15 is 0 Å². The van der Waals surface area contributed by atoms with Crippen molar-refractivity contribution in [2.75, 3.05) is 13.1 Å². The fourth-order valence-electron chi connectivity index (χ4n) is 2.45. The maximum atomic E-state index is 11.0. The van der Waals surface area contributed by atoms with E-state index in [0.29, 0.717) is 0 Å². The molecule has 2 unspecified atom stereocenters. The molecule has 5 heteroatoms. The van der Waals surface area contributed by atoms with Gasteiger partial charge in [-0.25, -0.2) is 0 Å². The van der Waals surface area contributed by atoms with E-state index in [0.717, 1.165) is 11.4 Å². The molecule has 1 fully saturated rings. The lowest BCUT2D eigenvalue weighted by Crippen LogP contribution is -2.35. The molecule has 1 aliphatic rings. The molecule has 4 nitrogen and oxygen atoms in total. The molecule has 1 aliphatic heterocycles. The lowest BCUT2D eigenvalue weighted by Gasteiger charge is -2.18. The number of carbonyl (C=O) groups excluding carboxylic acids is 1. The monoisotopic (exact) mass is 282 g/mol. The molecule has 0 spiro atoms. The van der Waals surface area contributed by atoms with Crippen LogP contribution in [0, 0.1) is 0 Å². The Balaban J connectivity index is 1.93. The van der Waals surface area contributed by atoms with Crippen molar-refractivity contribution in [2.24, 2.45) is 0 Å². The number of thiophene rings is 1. The van der Waals surface area contributed by atoms with Gasteiger partial charge in [-0.3, -0.25) is 9.69 Å². The Morgan fingerprint density at radius 3 is 2.79 bits per heavy atom. The van der Waals surface area contributed by atoms with E-state index in [2.05, 4.69) is 16.3 Å². The summed E-state index contributed by atoms with van der Waals surface area (Å²) < 4.78 is 0. The molecule has 2 N–H and O–H groups in total. The highest BCUT2D eigenvalue weighted by molar-refractivity contribution is 7.12. The quantitative estimate of drug-likeness (QED) is 0.867. The summed E-state index contributed by atoms with van der Waals surface area (Å²) in [5, 5.41) is 12.9. The zero-order valence-electron chi connectivity index (χ0n) is 11.6. The van der Waals surface area contributed by atoms with Gasteiger partial charge in [-0.2, -0.15) is 0 Å². The Labute approximate surface area is 118 Å². The Bertz CT molecular complexity index is 427. The van der Waals surface area contributed by atoms with Gasteiger partial charge in [0.25, 0.3) is 0 Å². The molecule has 1 aromatic heterocycles. The van der Waals surface area contributed by atoms with Crippen molar-refractivity contribution < 1.29 is 9.90 Å². The lowest BCUT2D eigenvalue weighted by molar-refractivity contribution is -0.120. The third-order valence-electron chi connectivity index (χ3n) is 3.46. The fourth-order valence-corrected chi connectivity index (χ4v) is 3.59. The van der Waals surface area contributed by atoms with Crippen LogP contribution >= 0.6 is 11.3 Å². The van der Waals surface area contributed by atoms with E-state index in [-0.39, 0.29) is 11.9 Å². The number of hydrogen-bond acceptors (Lipinski definition) is 4. The van der Waals surface area contributed by atoms with Crippen LogP contribution in [0.3, 0.4) is 0 Å². The molecule has 0 radical (unpaired) electrons. The van der Waals surface area contributed by atoms with E-state index in [1.54, 1.807) is 11.3 Å². The molecule has 0 aromatic carbocycles. The smallest absolute Gasteiger partial charge is 0.217 e. The van der Waals surface area contributed by atoms with Crippen LogP contribution in [-0.2, 0) is 11.3 Å². The summed E-state index contributed by atoms with van der Waals surface area (Å²) in [6.45, 7) is 6.63. The number of nitrogens with zero attached hydrogens (tertiary/aromatic N) is 1. The van der Waals surface area contributed by atoms with Gasteiger partial charge < -0.3 is 10.4 Å². The van der Waals surface area contributed by atoms with Gasteiger partial charge in [0.2, 0.25) is 5.91 Å². The highest BCUT2D eigenvalue weighted by atomic mass is 32.1. The van der Waals surface area contributed by atoms with Crippen molar-refractivity contribution >= 4 is 17.2 Å². The first kappa shape index (κ1) is 14.5. The van der Waals surface area contributed by atoms with Gasteiger partial charge in [-0.1, -0.05) is 0 Å². The number of amides is 1. The second kappa shape index (κ2) is 6.50. The second-order valence-electron chi connectivity index (χ2n) is 5.22. The van der Waals surface area contributed by atoms with Crippen molar-refractivity contribution in [3.05, 3.63) is 21.9 Å². The first-order valence-electron chi connectivity index (χ1n) is 6.82. The summed E-state index contributed by atoms with van der Waals surface area (Å²) in [6.07, 6.45) is 1.96. The minimum atomic E-state index is -0.624. The first-order valence-corrected chi connectivity index (χ1v) is 7.64.